The summed E-state index contributed by atoms with van der Waals surface area (Å²) in [6.07, 6.45) is 3.46. The number of aromatic nitrogens is 1. The van der Waals surface area contributed by atoms with Gasteiger partial charge in [-0.25, -0.2) is 4.79 Å². The van der Waals surface area contributed by atoms with Crippen molar-refractivity contribution in [3.8, 4) is 0 Å². The van der Waals surface area contributed by atoms with Crippen LogP contribution in [0, 0.1) is 0 Å². The first-order valence-electron chi connectivity index (χ1n) is 4.61. The van der Waals surface area contributed by atoms with Crippen molar-refractivity contribution in [3.63, 3.8) is 0 Å². The van der Waals surface area contributed by atoms with Gasteiger partial charge in [-0.05, 0) is 11.6 Å². The van der Waals surface area contributed by atoms with Crippen LogP contribution in [0.4, 0.5) is 4.79 Å². The van der Waals surface area contributed by atoms with Gasteiger partial charge in [-0.15, -0.1) is 0 Å². The van der Waals surface area contributed by atoms with E-state index in [1.165, 1.54) is 5.56 Å². The highest BCUT2D eigenvalue weighted by molar-refractivity contribution is 5.69. The van der Waals surface area contributed by atoms with E-state index in [9.17, 15) is 4.79 Å². The van der Waals surface area contributed by atoms with Crippen LogP contribution in [-0.2, 0) is 11.3 Å². The van der Waals surface area contributed by atoms with E-state index >= 15 is 0 Å². The number of carbonyl (C=O) groups excluding carboxylic acids is 1. The molecule has 1 saturated heterocycles. The molecule has 0 aromatic carbocycles. The third kappa shape index (κ3) is 2.26. The van der Waals surface area contributed by atoms with E-state index in [0.29, 0.717) is 13.1 Å². The van der Waals surface area contributed by atoms with Gasteiger partial charge in [-0.2, -0.15) is 0 Å². The summed E-state index contributed by atoms with van der Waals surface area (Å²) in [5, 5.41) is 5.82. The summed E-state index contributed by atoms with van der Waals surface area (Å²) in [6, 6.07) is 2.01. The highest BCUT2D eigenvalue weighted by atomic mass is 16.6. The molecule has 1 atom stereocenters. The predicted molar refractivity (Wildman–Crippen MR) is 50.8 cm³/mol. The predicted octanol–water partition coefficient (Wildman–Crippen LogP) is 0.213. The summed E-state index contributed by atoms with van der Waals surface area (Å²) in [5.74, 6) is 0. The number of cyclic esters (lactones) is 1. The molecule has 14 heavy (non-hydrogen) atoms. The highest BCUT2D eigenvalue weighted by Gasteiger charge is 2.21. The Morgan fingerprint density at radius 1 is 1.64 bits per heavy atom. The lowest BCUT2D eigenvalue weighted by molar-refractivity contribution is 0.139. The Morgan fingerprint density at radius 2 is 2.57 bits per heavy atom. The molecular formula is C9H13N3O2. The van der Waals surface area contributed by atoms with E-state index in [1.807, 2.05) is 18.5 Å². The molecule has 1 aliphatic rings. The van der Waals surface area contributed by atoms with Crippen molar-refractivity contribution >= 4 is 6.09 Å². The van der Waals surface area contributed by atoms with E-state index < -0.39 is 0 Å². The van der Waals surface area contributed by atoms with Gasteiger partial charge in [0, 0.05) is 25.5 Å². The molecule has 1 aromatic rings. The SMILES string of the molecule is O=C1NC[C@H](CNCc2cc[nH]c2)O1. The third-order valence-electron chi connectivity index (χ3n) is 2.11. The Hall–Kier alpha value is -1.49. The molecule has 2 rings (SSSR count). The number of rotatable bonds is 4. The average molecular weight is 195 g/mol. The van der Waals surface area contributed by atoms with E-state index in [1.54, 1.807) is 0 Å². The van der Waals surface area contributed by atoms with Crippen LogP contribution in [0.5, 0.6) is 0 Å². The van der Waals surface area contributed by atoms with Crippen LogP contribution in [0.1, 0.15) is 5.56 Å². The van der Waals surface area contributed by atoms with Crippen molar-refractivity contribution in [2.75, 3.05) is 13.1 Å². The first-order chi connectivity index (χ1) is 6.84. The van der Waals surface area contributed by atoms with Gasteiger partial charge in [-0.1, -0.05) is 0 Å². The van der Waals surface area contributed by atoms with Gasteiger partial charge in [-0.3, -0.25) is 0 Å². The highest BCUT2D eigenvalue weighted by Crippen LogP contribution is 1.99. The summed E-state index contributed by atoms with van der Waals surface area (Å²) in [7, 11) is 0. The summed E-state index contributed by atoms with van der Waals surface area (Å²) >= 11 is 0. The largest absolute Gasteiger partial charge is 0.443 e. The Balaban J connectivity index is 1.66. The number of amides is 1. The fraction of sp³-hybridized carbons (Fsp3) is 0.444. The first-order valence-corrected chi connectivity index (χ1v) is 4.61. The van der Waals surface area contributed by atoms with E-state index in [2.05, 4.69) is 15.6 Å². The lowest BCUT2D eigenvalue weighted by atomic mass is 10.3. The van der Waals surface area contributed by atoms with Crippen molar-refractivity contribution in [3.05, 3.63) is 24.0 Å². The second kappa shape index (κ2) is 4.15. The van der Waals surface area contributed by atoms with Crippen LogP contribution in [-0.4, -0.2) is 30.3 Å². The number of hydrogen-bond acceptors (Lipinski definition) is 3. The van der Waals surface area contributed by atoms with Gasteiger partial charge in [0.05, 0.1) is 6.54 Å². The summed E-state index contributed by atoms with van der Waals surface area (Å²) < 4.78 is 4.96. The summed E-state index contributed by atoms with van der Waals surface area (Å²) in [5.41, 5.74) is 1.20. The molecule has 1 aromatic heterocycles. The summed E-state index contributed by atoms with van der Waals surface area (Å²) in [4.78, 5) is 13.7. The fourth-order valence-corrected chi connectivity index (χ4v) is 1.39. The van der Waals surface area contributed by atoms with Gasteiger partial charge in [0.15, 0.2) is 0 Å². The zero-order valence-electron chi connectivity index (χ0n) is 7.75. The van der Waals surface area contributed by atoms with Crippen molar-refractivity contribution in [1.82, 2.24) is 15.6 Å². The number of hydrogen-bond donors (Lipinski definition) is 3. The van der Waals surface area contributed by atoms with E-state index in [4.69, 9.17) is 4.74 Å². The van der Waals surface area contributed by atoms with Gasteiger partial charge < -0.3 is 20.4 Å². The fourth-order valence-electron chi connectivity index (χ4n) is 1.39. The lowest BCUT2D eigenvalue weighted by Gasteiger charge is -2.07. The smallest absolute Gasteiger partial charge is 0.407 e. The maximum Gasteiger partial charge on any atom is 0.407 e. The standard InChI is InChI=1S/C9H13N3O2/c13-9-12-6-8(14-9)5-11-4-7-1-2-10-3-7/h1-3,8,10-11H,4-6H2,(H,12,13)/t8-/m0/s1. The lowest BCUT2D eigenvalue weighted by Crippen LogP contribution is -2.28. The molecule has 1 aliphatic heterocycles. The van der Waals surface area contributed by atoms with Crippen LogP contribution in [0.15, 0.2) is 18.5 Å². The number of nitrogens with one attached hydrogen (secondary N) is 3. The molecule has 5 heteroatoms. The van der Waals surface area contributed by atoms with Crippen LogP contribution in [0.25, 0.3) is 0 Å². The van der Waals surface area contributed by atoms with Gasteiger partial charge in [0.2, 0.25) is 0 Å². The first kappa shape index (κ1) is 9.08. The number of H-pyrrole nitrogens is 1. The maximum absolute atomic E-state index is 10.7. The quantitative estimate of drug-likeness (QED) is 0.643. The molecule has 5 nitrogen and oxygen atoms in total. The summed E-state index contributed by atoms with van der Waals surface area (Å²) in [6.45, 7) is 2.07. The Kier molecular flexibility index (Phi) is 2.69. The number of alkyl carbamates (subject to hydrolysis) is 1. The normalized spacial score (nSPS) is 20.6. The average Bonchev–Trinajstić information content (AvgIpc) is 2.77. The second-order valence-corrected chi connectivity index (χ2v) is 3.26. The molecule has 0 saturated carbocycles. The molecule has 76 valence electrons. The zero-order chi connectivity index (χ0) is 9.80. The minimum absolute atomic E-state index is 0.0403. The molecule has 0 radical (unpaired) electrons. The Labute approximate surface area is 81.8 Å². The molecule has 0 bridgehead atoms. The topological polar surface area (TPSA) is 66.2 Å². The van der Waals surface area contributed by atoms with Crippen LogP contribution < -0.4 is 10.6 Å². The molecule has 1 amide bonds. The van der Waals surface area contributed by atoms with Crippen molar-refractivity contribution in [2.24, 2.45) is 0 Å². The molecule has 1 fully saturated rings. The van der Waals surface area contributed by atoms with Gasteiger partial charge >= 0.3 is 6.09 Å². The number of aromatic amines is 1. The van der Waals surface area contributed by atoms with Crippen LogP contribution in [0.2, 0.25) is 0 Å². The zero-order valence-corrected chi connectivity index (χ0v) is 7.75. The minimum Gasteiger partial charge on any atom is -0.443 e. The van der Waals surface area contributed by atoms with Gasteiger partial charge in [0.1, 0.15) is 6.10 Å². The van der Waals surface area contributed by atoms with Crippen LogP contribution >= 0.6 is 0 Å². The van der Waals surface area contributed by atoms with Crippen molar-refractivity contribution < 1.29 is 9.53 Å². The van der Waals surface area contributed by atoms with Crippen molar-refractivity contribution in [2.45, 2.75) is 12.6 Å². The molecule has 0 spiro atoms. The molecular weight excluding hydrogens is 182 g/mol. The number of carbonyl (C=O) groups is 1. The van der Waals surface area contributed by atoms with E-state index in [0.717, 1.165) is 6.54 Å². The van der Waals surface area contributed by atoms with Crippen molar-refractivity contribution in [1.29, 1.82) is 0 Å². The minimum atomic E-state index is -0.321. The maximum atomic E-state index is 10.7. The Morgan fingerprint density at radius 3 is 3.21 bits per heavy atom. The monoisotopic (exact) mass is 195 g/mol. The molecule has 3 N–H and O–H groups in total. The molecule has 2 heterocycles. The second-order valence-electron chi connectivity index (χ2n) is 3.26. The van der Waals surface area contributed by atoms with Gasteiger partial charge in [0.25, 0.3) is 0 Å². The Bertz CT molecular complexity index is 297. The number of ether oxygens (including phenoxy) is 1. The van der Waals surface area contributed by atoms with E-state index in [-0.39, 0.29) is 12.2 Å². The molecule has 0 aliphatic carbocycles. The third-order valence-corrected chi connectivity index (χ3v) is 2.11. The van der Waals surface area contributed by atoms with Crippen LogP contribution in [0.3, 0.4) is 0 Å². The molecule has 0 unspecified atom stereocenters.